The molecule has 0 aliphatic heterocycles. The lowest BCUT2D eigenvalue weighted by Crippen LogP contribution is -2.35. The summed E-state index contributed by atoms with van der Waals surface area (Å²) >= 11 is 1.69. The number of amides is 1. The molecule has 0 aliphatic carbocycles. The van der Waals surface area contributed by atoms with E-state index in [2.05, 4.69) is 57.3 Å². The minimum absolute atomic E-state index is 0.139. The second-order valence-corrected chi connectivity index (χ2v) is 7.70. The highest BCUT2D eigenvalue weighted by Crippen LogP contribution is 2.22. The first-order valence-electron chi connectivity index (χ1n) is 6.84. The first-order valence-corrected chi connectivity index (χ1v) is 7.82. The van der Waals surface area contributed by atoms with Crippen LogP contribution in [-0.4, -0.2) is 22.4 Å². The molecule has 1 N–H and O–H groups in total. The largest absolute Gasteiger partial charge is 0.353 e. The molecule has 1 amide bonds. The number of carbonyl (C=O) groups excluding carboxylic acids is 1. The van der Waals surface area contributed by atoms with Crippen LogP contribution in [0, 0.1) is 0 Å². The Balaban J connectivity index is 2.24. The van der Waals surface area contributed by atoms with E-state index < -0.39 is 0 Å². The van der Waals surface area contributed by atoms with Crippen molar-refractivity contribution in [3.63, 3.8) is 0 Å². The minimum Gasteiger partial charge on any atom is -0.353 e. The van der Waals surface area contributed by atoms with Gasteiger partial charge >= 0.3 is 0 Å². The first-order chi connectivity index (χ1) is 8.87. The molecule has 0 radical (unpaired) electrons. The summed E-state index contributed by atoms with van der Waals surface area (Å²) in [6.45, 7) is 8.46. The molecule has 19 heavy (non-hydrogen) atoms. The number of hydrogen-bond donors (Lipinski definition) is 1. The van der Waals surface area contributed by atoms with Crippen LogP contribution in [0.1, 0.15) is 39.7 Å². The van der Waals surface area contributed by atoms with Crippen molar-refractivity contribution in [2.45, 2.75) is 51.3 Å². The van der Waals surface area contributed by atoms with Crippen molar-refractivity contribution in [2.24, 2.45) is 0 Å². The van der Waals surface area contributed by atoms with Crippen molar-refractivity contribution in [2.75, 3.05) is 5.75 Å². The number of aryl methyl sites for hydroxylation is 1. The van der Waals surface area contributed by atoms with Gasteiger partial charge in [-0.1, -0.05) is 51.1 Å². The van der Waals surface area contributed by atoms with Crippen LogP contribution >= 0.6 is 11.8 Å². The van der Waals surface area contributed by atoms with Gasteiger partial charge in [0.05, 0.1) is 5.75 Å². The van der Waals surface area contributed by atoms with Crippen molar-refractivity contribution in [3.05, 3.63) is 35.9 Å². The third-order valence-electron chi connectivity index (χ3n) is 2.75. The van der Waals surface area contributed by atoms with Crippen molar-refractivity contribution in [3.8, 4) is 0 Å². The Bertz CT molecular complexity index is 383. The fourth-order valence-corrected chi connectivity index (χ4v) is 2.35. The first kappa shape index (κ1) is 16.1. The molecule has 0 bridgehead atoms. The van der Waals surface area contributed by atoms with Gasteiger partial charge < -0.3 is 5.32 Å². The van der Waals surface area contributed by atoms with E-state index in [0.717, 1.165) is 12.8 Å². The van der Waals surface area contributed by atoms with Crippen molar-refractivity contribution in [1.82, 2.24) is 5.32 Å². The molecule has 1 aromatic carbocycles. The highest BCUT2D eigenvalue weighted by molar-refractivity contribution is 8.01. The Morgan fingerprint density at radius 2 is 1.89 bits per heavy atom. The minimum atomic E-state index is 0.139. The smallest absolute Gasteiger partial charge is 0.230 e. The lowest BCUT2D eigenvalue weighted by Gasteiger charge is -2.19. The van der Waals surface area contributed by atoms with Crippen LogP contribution in [0.15, 0.2) is 30.3 Å². The maximum absolute atomic E-state index is 11.8. The Morgan fingerprint density at radius 3 is 2.47 bits per heavy atom. The Labute approximate surface area is 121 Å². The highest BCUT2D eigenvalue weighted by atomic mass is 32.2. The molecular weight excluding hydrogens is 254 g/mol. The molecule has 0 saturated carbocycles. The van der Waals surface area contributed by atoms with E-state index in [9.17, 15) is 4.79 Å². The van der Waals surface area contributed by atoms with Gasteiger partial charge in [-0.2, -0.15) is 0 Å². The summed E-state index contributed by atoms with van der Waals surface area (Å²) in [6.07, 6.45) is 1.99. The molecule has 0 aliphatic rings. The van der Waals surface area contributed by atoms with Crippen LogP contribution in [0.25, 0.3) is 0 Å². The summed E-state index contributed by atoms with van der Waals surface area (Å²) < 4.78 is 0.143. The number of carbonyl (C=O) groups is 1. The standard InChI is InChI=1S/C16H25NOS/c1-13(10-11-14-8-6-5-7-9-14)17-15(18)12-19-16(2,3)4/h5-9,13H,10-12H2,1-4H3,(H,17,18). The molecule has 0 fully saturated rings. The van der Waals surface area contributed by atoms with E-state index in [-0.39, 0.29) is 16.7 Å². The van der Waals surface area contributed by atoms with Crippen molar-refractivity contribution >= 4 is 17.7 Å². The summed E-state index contributed by atoms with van der Waals surface area (Å²) in [4.78, 5) is 11.8. The Kier molecular flexibility index (Phi) is 6.43. The molecule has 1 aromatic rings. The summed E-state index contributed by atoms with van der Waals surface area (Å²) in [7, 11) is 0. The number of hydrogen-bond acceptors (Lipinski definition) is 2. The van der Waals surface area contributed by atoms with Crippen LogP contribution in [-0.2, 0) is 11.2 Å². The third-order valence-corrected chi connectivity index (χ3v) is 4.03. The lowest BCUT2D eigenvalue weighted by atomic mass is 10.1. The quantitative estimate of drug-likeness (QED) is 0.861. The number of benzene rings is 1. The molecule has 3 heteroatoms. The van der Waals surface area contributed by atoms with Gasteiger partial charge in [-0.25, -0.2) is 0 Å². The molecule has 0 saturated heterocycles. The highest BCUT2D eigenvalue weighted by Gasteiger charge is 2.14. The van der Waals surface area contributed by atoms with Crippen LogP contribution < -0.4 is 5.32 Å². The normalized spacial score (nSPS) is 13.1. The van der Waals surface area contributed by atoms with Crippen LogP contribution in [0.4, 0.5) is 0 Å². The predicted molar refractivity (Wildman–Crippen MR) is 84.6 cm³/mol. The van der Waals surface area contributed by atoms with Crippen molar-refractivity contribution in [1.29, 1.82) is 0 Å². The van der Waals surface area contributed by atoms with E-state index in [1.807, 2.05) is 6.07 Å². The van der Waals surface area contributed by atoms with E-state index >= 15 is 0 Å². The molecule has 1 unspecified atom stereocenters. The summed E-state index contributed by atoms with van der Waals surface area (Å²) in [5, 5.41) is 3.06. The molecule has 0 spiro atoms. The third kappa shape index (κ3) is 7.93. The zero-order valence-corrected chi connectivity index (χ0v) is 13.2. The summed E-state index contributed by atoms with van der Waals surface area (Å²) in [5.74, 6) is 0.680. The fourth-order valence-electron chi connectivity index (χ4n) is 1.70. The molecule has 0 aromatic heterocycles. The molecule has 1 atom stereocenters. The summed E-state index contributed by atoms with van der Waals surface area (Å²) in [5.41, 5.74) is 1.33. The molecule has 0 heterocycles. The predicted octanol–water partition coefficient (Wildman–Crippen LogP) is 3.66. The second-order valence-electron chi connectivity index (χ2n) is 5.89. The zero-order chi connectivity index (χ0) is 14.3. The van der Waals surface area contributed by atoms with Gasteiger partial charge in [0.15, 0.2) is 0 Å². The van der Waals surface area contributed by atoms with E-state index in [0.29, 0.717) is 5.75 Å². The van der Waals surface area contributed by atoms with Gasteiger partial charge in [0, 0.05) is 10.8 Å². The van der Waals surface area contributed by atoms with Gasteiger partial charge in [-0.3, -0.25) is 4.79 Å². The maximum atomic E-state index is 11.8. The number of rotatable bonds is 6. The topological polar surface area (TPSA) is 29.1 Å². The van der Waals surface area contributed by atoms with Crippen LogP contribution in [0.5, 0.6) is 0 Å². The van der Waals surface area contributed by atoms with E-state index in [1.54, 1.807) is 11.8 Å². The average Bonchev–Trinajstić information content (AvgIpc) is 2.34. The Morgan fingerprint density at radius 1 is 1.26 bits per heavy atom. The Hall–Kier alpha value is -0.960. The van der Waals surface area contributed by atoms with Gasteiger partial charge in [0.2, 0.25) is 5.91 Å². The van der Waals surface area contributed by atoms with Gasteiger partial charge in [-0.05, 0) is 25.3 Å². The SMILES string of the molecule is CC(CCc1ccccc1)NC(=O)CSC(C)(C)C. The zero-order valence-electron chi connectivity index (χ0n) is 12.4. The lowest BCUT2D eigenvalue weighted by molar-refractivity contribution is -0.119. The summed E-state index contributed by atoms with van der Waals surface area (Å²) in [6, 6.07) is 10.6. The monoisotopic (exact) mass is 279 g/mol. The van der Waals surface area contributed by atoms with Crippen LogP contribution in [0.2, 0.25) is 0 Å². The van der Waals surface area contributed by atoms with Gasteiger partial charge in [0.25, 0.3) is 0 Å². The molecular formula is C16H25NOS. The van der Waals surface area contributed by atoms with Gasteiger partial charge in [0.1, 0.15) is 0 Å². The van der Waals surface area contributed by atoms with E-state index in [4.69, 9.17) is 0 Å². The second kappa shape index (κ2) is 7.59. The molecule has 106 valence electrons. The van der Waals surface area contributed by atoms with Gasteiger partial charge in [-0.15, -0.1) is 11.8 Å². The van der Waals surface area contributed by atoms with E-state index in [1.165, 1.54) is 5.56 Å². The fraction of sp³-hybridized carbons (Fsp3) is 0.562. The molecule has 1 rings (SSSR count). The maximum Gasteiger partial charge on any atom is 0.230 e. The van der Waals surface area contributed by atoms with Crippen molar-refractivity contribution < 1.29 is 4.79 Å². The number of nitrogens with one attached hydrogen (secondary N) is 1. The van der Waals surface area contributed by atoms with Crippen LogP contribution in [0.3, 0.4) is 0 Å². The number of thioether (sulfide) groups is 1. The molecule has 2 nitrogen and oxygen atoms in total. The average molecular weight is 279 g/mol.